The van der Waals surface area contributed by atoms with Crippen molar-refractivity contribution in [3.8, 4) is 0 Å². The third-order valence-corrected chi connectivity index (χ3v) is 4.03. The molecule has 1 rings (SSSR count). The summed E-state index contributed by atoms with van der Waals surface area (Å²) in [7, 11) is 1.25. The lowest BCUT2D eigenvalue weighted by molar-refractivity contribution is -0.143. The third-order valence-electron chi connectivity index (χ3n) is 4.03. The van der Waals surface area contributed by atoms with E-state index in [0.717, 1.165) is 19.3 Å². The van der Waals surface area contributed by atoms with Gasteiger partial charge < -0.3 is 14.8 Å². The lowest BCUT2D eigenvalue weighted by Crippen LogP contribution is -2.38. The van der Waals surface area contributed by atoms with Gasteiger partial charge >= 0.3 is 11.9 Å². The summed E-state index contributed by atoms with van der Waals surface area (Å²) in [6.45, 7) is 5.60. The predicted octanol–water partition coefficient (Wildman–Crippen LogP) is 2.12. The number of amides is 1. The Bertz CT molecular complexity index is 446. The molecule has 2 atom stereocenters. The Morgan fingerprint density at radius 1 is 1.22 bits per heavy atom. The Kier molecular flexibility index (Phi) is 8.37. The van der Waals surface area contributed by atoms with E-state index in [2.05, 4.69) is 23.6 Å². The van der Waals surface area contributed by atoms with E-state index >= 15 is 0 Å². The number of methoxy groups -OCH3 is 1. The number of carbonyl (C=O) groups excluding carboxylic acids is 3. The van der Waals surface area contributed by atoms with Gasteiger partial charge in [-0.25, -0.2) is 4.79 Å². The predicted molar refractivity (Wildman–Crippen MR) is 85.5 cm³/mol. The smallest absolute Gasteiger partial charge is 0.334 e. The summed E-state index contributed by atoms with van der Waals surface area (Å²) in [6, 6.07) is 0. The van der Waals surface area contributed by atoms with Crippen LogP contribution in [0.5, 0.6) is 0 Å². The molecule has 0 aromatic carbocycles. The molecule has 1 aliphatic heterocycles. The highest BCUT2D eigenvalue weighted by Crippen LogP contribution is 2.30. The Balaban J connectivity index is 2.46. The van der Waals surface area contributed by atoms with Crippen LogP contribution in [0.2, 0.25) is 0 Å². The summed E-state index contributed by atoms with van der Waals surface area (Å²) in [5, 5.41) is 2.47. The highest BCUT2D eigenvalue weighted by Gasteiger charge is 2.42. The van der Waals surface area contributed by atoms with E-state index in [1.54, 1.807) is 0 Å². The number of ether oxygens (including phenoxy) is 2. The van der Waals surface area contributed by atoms with Crippen LogP contribution in [0.1, 0.15) is 51.9 Å². The van der Waals surface area contributed by atoms with E-state index < -0.39 is 29.9 Å². The van der Waals surface area contributed by atoms with Crippen LogP contribution >= 0.6 is 0 Å². The second-order valence-corrected chi connectivity index (χ2v) is 5.80. The molecule has 0 aromatic rings. The molecular weight excluding hydrogens is 298 g/mol. The van der Waals surface area contributed by atoms with Gasteiger partial charge in [0.05, 0.1) is 7.11 Å². The van der Waals surface area contributed by atoms with E-state index in [0.29, 0.717) is 6.42 Å². The van der Waals surface area contributed by atoms with Crippen molar-refractivity contribution in [2.75, 3.05) is 13.7 Å². The molecule has 1 aliphatic rings. The van der Waals surface area contributed by atoms with Gasteiger partial charge in [0.2, 0.25) is 5.91 Å². The minimum Gasteiger partial charge on any atom is -0.468 e. The van der Waals surface area contributed by atoms with Crippen molar-refractivity contribution in [1.29, 1.82) is 0 Å². The molecule has 1 fully saturated rings. The zero-order chi connectivity index (χ0) is 17.2. The summed E-state index contributed by atoms with van der Waals surface area (Å²) in [6.07, 6.45) is 6.88. The average molecular weight is 325 g/mol. The van der Waals surface area contributed by atoms with E-state index in [1.165, 1.54) is 26.4 Å². The maximum absolute atomic E-state index is 12.2. The van der Waals surface area contributed by atoms with Crippen LogP contribution in [0.15, 0.2) is 12.2 Å². The van der Waals surface area contributed by atoms with E-state index in [9.17, 15) is 14.4 Å². The molecule has 6 heteroatoms. The summed E-state index contributed by atoms with van der Waals surface area (Å²) in [5.41, 5.74) is 0.156. The number of hydrogen-bond donors (Lipinski definition) is 1. The van der Waals surface area contributed by atoms with Crippen LogP contribution in [0.25, 0.3) is 0 Å². The Labute approximate surface area is 137 Å². The molecule has 0 radical (unpaired) electrons. The van der Waals surface area contributed by atoms with Crippen LogP contribution in [-0.4, -0.2) is 37.6 Å². The number of rotatable bonds is 10. The van der Waals surface area contributed by atoms with Crippen LogP contribution < -0.4 is 5.32 Å². The molecule has 1 saturated heterocycles. The first kappa shape index (κ1) is 19.2. The fraction of sp³-hybridized carbons (Fsp3) is 0.706. The molecule has 23 heavy (non-hydrogen) atoms. The SMILES string of the molecule is C=C1C(=O)O[C@@H](CCCCCCCC)[C@@H]1C(=O)NCC(=O)OC. The van der Waals surface area contributed by atoms with Gasteiger partial charge in [-0.15, -0.1) is 0 Å². The molecule has 6 nitrogen and oxygen atoms in total. The number of hydrogen-bond acceptors (Lipinski definition) is 5. The normalized spacial score (nSPS) is 20.3. The summed E-state index contributed by atoms with van der Waals surface area (Å²) in [5.74, 6) is -2.20. The van der Waals surface area contributed by atoms with Crippen LogP contribution in [0, 0.1) is 5.92 Å². The standard InChI is InChI=1S/C17H27NO5/c1-4-5-6-7-8-9-10-13-15(12(2)17(21)23-13)16(20)18-11-14(19)22-3/h13,15H,2,4-11H2,1,3H3,(H,18,20)/t13-,15+/m0/s1. The van der Waals surface area contributed by atoms with Crippen molar-refractivity contribution < 1.29 is 23.9 Å². The molecule has 0 bridgehead atoms. The largest absolute Gasteiger partial charge is 0.468 e. The monoisotopic (exact) mass is 325 g/mol. The quantitative estimate of drug-likeness (QED) is 0.378. The number of carbonyl (C=O) groups is 3. The van der Waals surface area contributed by atoms with E-state index in [4.69, 9.17) is 4.74 Å². The second-order valence-electron chi connectivity index (χ2n) is 5.80. The molecule has 1 amide bonds. The Morgan fingerprint density at radius 2 is 1.87 bits per heavy atom. The fourth-order valence-electron chi connectivity index (χ4n) is 2.65. The van der Waals surface area contributed by atoms with Crippen LogP contribution in [0.3, 0.4) is 0 Å². The molecule has 1 heterocycles. The van der Waals surface area contributed by atoms with Crippen LogP contribution in [0.4, 0.5) is 0 Å². The maximum Gasteiger partial charge on any atom is 0.334 e. The van der Waals surface area contributed by atoms with Gasteiger partial charge in [0.15, 0.2) is 0 Å². The number of cyclic esters (lactones) is 1. The van der Waals surface area contributed by atoms with Gasteiger partial charge in [-0.2, -0.15) is 0 Å². The third kappa shape index (κ3) is 6.04. The van der Waals surface area contributed by atoms with Gasteiger partial charge in [-0.1, -0.05) is 45.6 Å². The molecule has 0 saturated carbocycles. The molecular formula is C17H27NO5. The average Bonchev–Trinajstić information content (AvgIpc) is 2.82. The Morgan fingerprint density at radius 3 is 2.52 bits per heavy atom. The van der Waals surface area contributed by atoms with Crippen molar-refractivity contribution in [3.63, 3.8) is 0 Å². The molecule has 0 unspecified atom stereocenters. The number of nitrogens with one attached hydrogen (secondary N) is 1. The topological polar surface area (TPSA) is 81.7 Å². The first-order chi connectivity index (χ1) is 11.0. The van der Waals surface area contributed by atoms with Gasteiger partial charge in [0.1, 0.15) is 18.6 Å². The van der Waals surface area contributed by atoms with E-state index in [-0.39, 0.29) is 12.1 Å². The van der Waals surface area contributed by atoms with Gasteiger partial charge in [0, 0.05) is 5.57 Å². The van der Waals surface area contributed by atoms with Crippen molar-refractivity contribution in [2.45, 2.75) is 58.0 Å². The van der Waals surface area contributed by atoms with Crippen molar-refractivity contribution in [1.82, 2.24) is 5.32 Å². The van der Waals surface area contributed by atoms with Crippen molar-refractivity contribution in [3.05, 3.63) is 12.2 Å². The Hall–Kier alpha value is -1.85. The van der Waals surface area contributed by atoms with Gasteiger partial charge in [-0.3, -0.25) is 9.59 Å². The zero-order valence-corrected chi connectivity index (χ0v) is 14.1. The lowest BCUT2D eigenvalue weighted by Gasteiger charge is -2.17. The van der Waals surface area contributed by atoms with Crippen molar-refractivity contribution >= 4 is 17.8 Å². The first-order valence-electron chi connectivity index (χ1n) is 8.25. The molecule has 0 aliphatic carbocycles. The summed E-state index contributed by atoms with van der Waals surface area (Å²) >= 11 is 0. The first-order valence-corrected chi connectivity index (χ1v) is 8.25. The maximum atomic E-state index is 12.2. The summed E-state index contributed by atoms with van der Waals surface area (Å²) < 4.78 is 9.73. The lowest BCUT2D eigenvalue weighted by atomic mass is 9.92. The minimum absolute atomic E-state index is 0.156. The van der Waals surface area contributed by atoms with Gasteiger partial charge in [-0.05, 0) is 12.8 Å². The minimum atomic E-state index is -0.720. The second kappa shape index (κ2) is 10.0. The van der Waals surface area contributed by atoms with Gasteiger partial charge in [0.25, 0.3) is 0 Å². The van der Waals surface area contributed by atoms with Crippen molar-refractivity contribution in [2.24, 2.45) is 5.92 Å². The molecule has 1 N–H and O–H groups in total. The highest BCUT2D eigenvalue weighted by molar-refractivity contribution is 6.00. The molecule has 0 aromatic heterocycles. The fourth-order valence-corrected chi connectivity index (χ4v) is 2.65. The number of esters is 2. The zero-order valence-electron chi connectivity index (χ0n) is 14.1. The molecule has 0 spiro atoms. The molecule has 130 valence electrons. The van der Waals surface area contributed by atoms with E-state index in [1.807, 2.05) is 0 Å². The van der Waals surface area contributed by atoms with Crippen LogP contribution in [-0.2, 0) is 23.9 Å². The highest BCUT2D eigenvalue weighted by atomic mass is 16.6. The number of unbranched alkanes of at least 4 members (excludes halogenated alkanes) is 5. The summed E-state index contributed by atoms with van der Waals surface area (Å²) in [4.78, 5) is 35.0.